The Bertz CT molecular complexity index is 429. The van der Waals surface area contributed by atoms with E-state index in [4.69, 9.17) is 0 Å². The number of rotatable bonds is 3. The molecule has 1 aromatic heterocycles. The minimum Gasteiger partial charge on any atom is -0.201 e. The molecule has 1 heteroatoms. The van der Waals surface area contributed by atoms with Crippen molar-refractivity contribution in [1.29, 1.82) is 0 Å². The quantitative estimate of drug-likeness (QED) is 0.688. The van der Waals surface area contributed by atoms with Gasteiger partial charge < -0.3 is 0 Å². The fourth-order valence-corrected chi connectivity index (χ4v) is 1.76. The summed E-state index contributed by atoms with van der Waals surface area (Å²) >= 11 is 0. The summed E-state index contributed by atoms with van der Waals surface area (Å²) < 4.78 is 2.18. The van der Waals surface area contributed by atoms with Crippen LogP contribution < -0.4 is 4.57 Å². The maximum atomic E-state index is 2.23. The Morgan fingerprint density at radius 3 is 2.12 bits per heavy atom. The molecule has 2 aromatic rings. The average Bonchev–Trinajstić information content (AvgIpc) is 2.31. The molecule has 0 fully saturated rings. The Hall–Kier alpha value is -1.63. The average molecular weight is 212 g/mol. The molecule has 1 heterocycles. The van der Waals surface area contributed by atoms with Crippen LogP contribution in [0.5, 0.6) is 0 Å². The molecule has 0 aliphatic heterocycles. The summed E-state index contributed by atoms with van der Waals surface area (Å²) in [5.74, 6) is 0.610. The first-order valence-corrected chi connectivity index (χ1v) is 5.78. The van der Waals surface area contributed by atoms with Crippen molar-refractivity contribution in [3.05, 3.63) is 66.0 Å². The first-order chi connectivity index (χ1) is 7.75. The van der Waals surface area contributed by atoms with E-state index in [2.05, 4.69) is 67.2 Å². The second-order valence-corrected chi connectivity index (χ2v) is 4.44. The molecule has 0 aliphatic rings. The van der Waals surface area contributed by atoms with Gasteiger partial charge in [0.1, 0.15) is 0 Å². The molecule has 0 saturated heterocycles. The van der Waals surface area contributed by atoms with Gasteiger partial charge in [-0.1, -0.05) is 44.2 Å². The van der Waals surface area contributed by atoms with Gasteiger partial charge >= 0.3 is 0 Å². The fraction of sp³-hybridized carbons (Fsp3) is 0.267. The molecule has 2 rings (SSSR count). The second kappa shape index (κ2) is 4.93. The van der Waals surface area contributed by atoms with Crippen LogP contribution in [0.15, 0.2) is 54.9 Å². The molecule has 0 radical (unpaired) electrons. The minimum absolute atomic E-state index is 0.610. The predicted octanol–water partition coefficient (Wildman–Crippen LogP) is 3.15. The molecule has 0 spiro atoms. The number of aromatic nitrogens is 1. The molecule has 16 heavy (non-hydrogen) atoms. The highest BCUT2D eigenvalue weighted by molar-refractivity contribution is 5.24. The lowest BCUT2D eigenvalue weighted by Crippen LogP contribution is -2.32. The topological polar surface area (TPSA) is 3.88 Å². The van der Waals surface area contributed by atoms with Gasteiger partial charge in [-0.15, -0.1) is 0 Å². The van der Waals surface area contributed by atoms with E-state index in [9.17, 15) is 0 Å². The molecule has 0 saturated carbocycles. The Kier molecular flexibility index (Phi) is 3.35. The maximum Gasteiger partial charge on any atom is 0.173 e. The third-order valence-electron chi connectivity index (χ3n) is 2.79. The zero-order valence-corrected chi connectivity index (χ0v) is 9.93. The van der Waals surface area contributed by atoms with E-state index in [1.165, 1.54) is 11.1 Å². The van der Waals surface area contributed by atoms with Gasteiger partial charge in [-0.25, -0.2) is 4.57 Å². The van der Waals surface area contributed by atoms with Gasteiger partial charge in [0.05, 0.1) is 0 Å². The van der Waals surface area contributed by atoms with Crippen LogP contribution in [0.3, 0.4) is 0 Å². The Labute approximate surface area is 97.4 Å². The van der Waals surface area contributed by atoms with Crippen molar-refractivity contribution >= 4 is 0 Å². The number of pyridine rings is 1. The van der Waals surface area contributed by atoms with Crippen molar-refractivity contribution in [2.45, 2.75) is 26.3 Å². The van der Waals surface area contributed by atoms with Crippen LogP contribution in [0.2, 0.25) is 0 Å². The normalized spacial score (nSPS) is 10.7. The Balaban J connectivity index is 2.11. The molecule has 0 unspecified atom stereocenters. The van der Waals surface area contributed by atoms with Crippen LogP contribution in [0.4, 0.5) is 0 Å². The minimum atomic E-state index is 0.610. The number of benzene rings is 1. The van der Waals surface area contributed by atoms with Gasteiger partial charge in [-0.3, -0.25) is 0 Å². The molecular formula is C15H18N+. The molecule has 82 valence electrons. The van der Waals surface area contributed by atoms with Crippen LogP contribution in [-0.4, -0.2) is 0 Å². The van der Waals surface area contributed by atoms with Gasteiger partial charge in [-0.2, -0.15) is 0 Å². The van der Waals surface area contributed by atoms with Gasteiger partial charge in [-0.05, 0) is 11.5 Å². The number of hydrogen-bond donors (Lipinski definition) is 0. The lowest BCUT2D eigenvalue weighted by molar-refractivity contribution is -0.688. The third-order valence-corrected chi connectivity index (χ3v) is 2.79. The zero-order chi connectivity index (χ0) is 11.4. The Morgan fingerprint density at radius 2 is 1.56 bits per heavy atom. The van der Waals surface area contributed by atoms with Crippen molar-refractivity contribution < 1.29 is 4.57 Å². The summed E-state index contributed by atoms with van der Waals surface area (Å²) in [5.41, 5.74) is 2.75. The van der Waals surface area contributed by atoms with Gasteiger partial charge in [0.25, 0.3) is 0 Å². The molecule has 1 aromatic carbocycles. The molecule has 0 bridgehead atoms. The van der Waals surface area contributed by atoms with E-state index in [-0.39, 0.29) is 0 Å². The highest BCUT2D eigenvalue weighted by atomic mass is 14.9. The summed E-state index contributed by atoms with van der Waals surface area (Å²) in [7, 11) is 0. The fourth-order valence-electron chi connectivity index (χ4n) is 1.76. The summed E-state index contributed by atoms with van der Waals surface area (Å²) in [6.45, 7) is 5.39. The summed E-state index contributed by atoms with van der Waals surface area (Å²) in [4.78, 5) is 0. The van der Waals surface area contributed by atoms with Gasteiger partial charge in [0, 0.05) is 17.7 Å². The zero-order valence-electron chi connectivity index (χ0n) is 9.93. The smallest absolute Gasteiger partial charge is 0.173 e. The van der Waals surface area contributed by atoms with Crippen molar-refractivity contribution in [2.24, 2.45) is 0 Å². The van der Waals surface area contributed by atoms with E-state index < -0.39 is 0 Å². The monoisotopic (exact) mass is 212 g/mol. The van der Waals surface area contributed by atoms with Crippen LogP contribution >= 0.6 is 0 Å². The van der Waals surface area contributed by atoms with Gasteiger partial charge in [0.2, 0.25) is 0 Å². The Morgan fingerprint density at radius 1 is 0.938 bits per heavy atom. The molecule has 0 atom stereocenters. The summed E-state index contributed by atoms with van der Waals surface area (Å²) in [6, 6.07) is 15.0. The van der Waals surface area contributed by atoms with Crippen LogP contribution in [0.25, 0.3) is 0 Å². The van der Waals surface area contributed by atoms with Crippen LogP contribution in [0.1, 0.15) is 30.9 Å². The SMILES string of the molecule is CC(C)c1ccc(C[n+]2ccccc2)cc1. The van der Waals surface area contributed by atoms with Crippen molar-refractivity contribution in [1.82, 2.24) is 0 Å². The molecule has 0 amide bonds. The lowest BCUT2D eigenvalue weighted by Gasteiger charge is -2.05. The van der Waals surface area contributed by atoms with Crippen molar-refractivity contribution in [2.75, 3.05) is 0 Å². The predicted molar refractivity (Wildman–Crippen MR) is 66.3 cm³/mol. The first kappa shape index (κ1) is 10.9. The lowest BCUT2D eigenvalue weighted by atomic mass is 10.0. The first-order valence-electron chi connectivity index (χ1n) is 5.78. The molecule has 0 N–H and O–H groups in total. The standard InChI is InChI=1S/C15H18N/c1-13(2)15-8-6-14(7-9-15)12-16-10-4-3-5-11-16/h3-11,13H,12H2,1-2H3/q+1. The molecule has 1 nitrogen and oxygen atoms in total. The highest BCUT2D eigenvalue weighted by Crippen LogP contribution is 2.14. The summed E-state index contributed by atoms with van der Waals surface area (Å²) in [5, 5.41) is 0. The van der Waals surface area contributed by atoms with Crippen LogP contribution in [0, 0.1) is 0 Å². The van der Waals surface area contributed by atoms with E-state index in [1.54, 1.807) is 0 Å². The highest BCUT2D eigenvalue weighted by Gasteiger charge is 2.02. The second-order valence-electron chi connectivity index (χ2n) is 4.44. The molecule has 0 aliphatic carbocycles. The van der Waals surface area contributed by atoms with Crippen molar-refractivity contribution in [3.63, 3.8) is 0 Å². The van der Waals surface area contributed by atoms with E-state index >= 15 is 0 Å². The van der Waals surface area contributed by atoms with E-state index in [0.29, 0.717) is 5.92 Å². The van der Waals surface area contributed by atoms with E-state index in [0.717, 1.165) is 6.54 Å². The third kappa shape index (κ3) is 2.69. The van der Waals surface area contributed by atoms with Gasteiger partial charge in [0.15, 0.2) is 18.9 Å². The largest absolute Gasteiger partial charge is 0.201 e. The number of hydrogen-bond acceptors (Lipinski definition) is 0. The summed E-state index contributed by atoms with van der Waals surface area (Å²) in [6.07, 6.45) is 4.19. The van der Waals surface area contributed by atoms with Crippen molar-refractivity contribution in [3.8, 4) is 0 Å². The van der Waals surface area contributed by atoms with E-state index in [1.807, 2.05) is 6.07 Å². The maximum absolute atomic E-state index is 2.23. The molecular weight excluding hydrogens is 194 g/mol. The number of nitrogens with zero attached hydrogens (tertiary/aromatic N) is 1. The van der Waals surface area contributed by atoms with Crippen LogP contribution in [-0.2, 0) is 6.54 Å².